The first-order chi connectivity index (χ1) is 12.1. The summed E-state index contributed by atoms with van der Waals surface area (Å²) in [4.78, 5) is 4.94. The highest BCUT2D eigenvalue weighted by molar-refractivity contribution is 5.27. The van der Waals surface area contributed by atoms with E-state index in [1.807, 2.05) is 0 Å². The Kier molecular flexibility index (Phi) is 9.35. The highest BCUT2D eigenvalue weighted by atomic mass is 16.5. The molecule has 1 fully saturated rings. The molecule has 0 atom stereocenters. The Morgan fingerprint density at radius 1 is 0.880 bits per heavy atom. The summed E-state index contributed by atoms with van der Waals surface area (Å²) >= 11 is 0. The third-order valence-electron chi connectivity index (χ3n) is 5.12. The summed E-state index contributed by atoms with van der Waals surface area (Å²) in [5.41, 5.74) is 1.39. The Hall–Kier alpha value is -1.06. The Labute approximate surface area is 155 Å². The van der Waals surface area contributed by atoms with Gasteiger partial charge in [-0.25, -0.2) is 0 Å². The van der Waals surface area contributed by atoms with Gasteiger partial charge in [0.2, 0.25) is 0 Å². The lowest BCUT2D eigenvalue weighted by molar-refractivity contribution is 0.148. The average Bonchev–Trinajstić information content (AvgIpc) is 2.60. The van der Waals surface area contributed by atoms with Crippen LogP contribution in [0, 0.1) is 5.92 Å². The van der Waals surface area contributed by atoms with Crippen LogP contribution >= 0.6 is 0 Å². The first-order valence-corrected chi connectivity index (χ1v) is 10.3. The molecular formula is C22H38N2O. The van der Waals surface area contributed by atoms with Gasteiger partial charge in [-0.1, -0.05) is 58.1 Å². The standard InChI is InChI=1S/C22H38N2O/c1-20(2)9-7-5-4-6-8-18-25-22-12-10-21(11-13-22)19-24-16-14-23(3)15-17-24/h10-13,20H,4-9,14-19H2,1-3H3. The third-order valence-corrected chi connectivity index (χ3v) is 5.12. The zero-order chi connectivity index (χ0) is 17.9. The van der Waals surface area contributed by atoms with Crippen LogP contribution in [0.4, 0.5) is 0 Å². The molecule has 1 aliphatic rings. The summed E-state index contributed by atoms with van der Waals surface area (Å²) in [6, 6.07) is 8.71. The number of nitrogens with zero attached hydrogens (tertiary/aromatic N) is 2. The molecule has 25 heavy (non-hydrogen) atoms. The minimum absolute atomic E-state index is 0.849. The molecule has 1 saturated heterocycles. The summed E-state index contributed by atoms with van der Waals surface area (Å²) in [7, 11) is 2.20. The summed E-state index contributed by atoms with van der Waals surface area (Å²) in [6.45, 7) is 11.2. The van der Waals surface area contributed by atoms with E-state index in [1.54, 1.807) is 0 Å². The van der Waals surface area contributed by atoms with Gasteiger partial charge in [-0.3, -0.25) is 4.90 Å². The quantitative estimate of drug-likeness (QED) is 0.535. The smallest absolute Gasteiger partial charge is 0.119 e. The maximum absolute atomic E-state index is 5.89. The second-order valence-electron chi connectivity index (χ2n) is 8.02. The van der Waals surface area contributed by atoms with Crippen molar-refractivity contribution in [3.8, 4) is 5.75 Å². The SMILES string of the molecule is CC(C)CCCCCCCOc1ccc(CN2CCN(C)CC2)cc1. The van der Waals surface area contributed by atoms with Crippen molar-refractivity contribution in [3.05, 3.63) is 29.8 Å². The lowest BCUT2D eigenvalue weighted by Crippen LogP contribution is -2.43. The van der Waals surface area contributed by atoms with Crippen molar-refractivity contribution >= 4 is 0 Å². The predicted octanol–water partition coefficient (Wildman–Crippen LogP) is 4.81. The molecule has 0 radical (unpaired) electrons. The van der Waals surface area contributed by atoms with Crippen LogP contribution in [0.2, 0.25) is 0 Å². The first kappa shape index (κ1) is 20.3. The number of hydrogen-bond donors (Lipinski definition) is 0. The van der Waals surface area contributed by atoms with E-state index < -0.39 is 0 Å². The fourth-order valence-corrected chi connectivity index (χ4v) is 3.33. The van der Waals surface area contributed by atoms with Crippen molar-refractivity contribution < 1.29 is 4.74 Å². The molecule has 142 valence electrons. The number of ether oxygens (including phenoxy) is 1. The molecule has 1 heterocycles. The molecule has 3 nitrogen and oxygen atoms in total. The minimum atomic E-state index is 0.849. The Bertz CT molecular complexity index is 450. The van der Waals surface area contributed by atoms with Gasteiger partial charge in [-0.15, -0.1) is 0 Å². The van der Waals surface area contributed by atoms with E-state index in [0.717, 1.165) is 24.8 Å². The molecule has 0 spiro atoms. The third kappa shape index (κ3) is 8.73. The lowest BCUT2D eigenvalue weighted by atomic mass is 10.0. The zero-order valence-electron chi connectivity index (χ0n) is 16.7. The lowest BCUT2D eigenvalue weighted by Gasteiger charge is -2.32. The van der Waals surface area contributed by atoms with Gasteiger partial charge in [0.1, 0.15) is 5.75 Å². The maximum Gasteiger partial charge on any atom is 0.119 e. The topological polar surface area (TPSA) is 15.7 Å². The highest BCUT2D eigenvalue weighted by Gasteiger charge is 2.13. The second-order valence-corrected chi connectivity index (χ2v) is 8.02. The van der Waals surface area contributed by atoms with Gasteiger partial charge in [0, 0.05) is 32.7 Å². The molecule has 1 aromatic rings. The van der Waals surface area contributed by atoms with E-state index in [9.17, 15) is 0 Å². The molecule has 0 unspecified atom stereocenters. The van der Waals surface area contributed by atoms with E-state index in [4.69, 9.17) is 4.74 Å². The van der Waals surface area contributed by atoms with Gasteiger partial charge in [0.25, 0.3) is 0 Å². The van der Waals surface area contributed by atoms with E-state index >= 15 is 0 Å². The molecule has 0 amide bonds. The van der Waals surface area contributed by atoms with Gasteiger partial charge < -0.3 is 9.64 Å². The normalized spacial score (nSPS) is 16.5. The maximum atomic E-state index is 5.89. The Balaban J connectivity index is 1.54. The zero-order valence-corrected chi connectivity index (χ0v) is 16.7. The van der Waals surface area contributed by atoms with Crippen molar-refractivity contribution in [1.29, 1.82) is 0 Å². The van der Waals surface area contributed by atoms with Crippen LogP contribution in [0.25, 0.3) is 0 Å². The number of rotatable bonds is 11. The van der Waals surface area contributed by atoms with E-state index in [0.29, 0.717) is 0 Å². The van der Waals surface area contributed by atoms with E-state index in [1.165, 1.54) is 70.3 Å². The molecule has 3 heteroatoms. The molecule has 0 bridgehead atoms. The number of likely N-dealkylation sites (N-methyl/N-ethyl adjacent to an activating group) is 1. The number of hydrogen-bond acceptors (Lipinski definition) is 3. The molecular weight excluding hydrogens is 308 g/mol. The van der Waals surface area contributed by atoms with Crippen molar-refractivity contribution in [2.45, 2.75) is 58.9 Å². The van der Waals surface area contributed by atoms with Gasteiger partial charge in [0.15, 0.2) is 0 Å². The molecule has 1 aliphatic heterocycles. The van der Waals surface area contributed by atoms with Gasteiger partial charge >= 0.3 is 0 Å². The largest absolute Gasteiger partial charge is 0.494 e. The summed E-state index contributed by atoms with van der Waals surface area (Å²) in [5.74, 6) is 1.87. The first-order valence-electron chi connectivity index (χ1n) is 10.3. The number of piperazine rings is 1. The van der Waals surface area contributed by atoms with Crippen molar-refractivity contribution in [1.82, 2.24) is 9.80 Å². The molecule has 0 saturated carbocycles. The van der Waals surface area contributed by atoms with Gasteiger partial charge in [-0.05, 0) is 37.1 Å². The average molecular weight is 347 g/mol. The molecule has 0 aliphatic carbocycles. The van der Waals surface area contributed by atoms with Crippen LogP contribution in [0.1, 0.15) is 57.9 Å². The highest BCUT2D eigenvalue weighted by Crippen LogP contribution is 2.16. The fraction of sp³-hybridized carbons (Fsp3) is 0.727. The number of unbranched alkanes of at least 4 members (excludes halogenated alkanes) is 4. The number of benzene rings is 1. The fourth-order valence-electron chi connectivity index (χ4n) is 3.33. The monoisotopic (exact) mass is 346 g/mol. The van der Waals surface area contributed by atoms with Crippen molar-refractivity contribution in [2.24, 2.45) is 5.92 Å². The Morgan fingerprint density at radius 3 is 2.20 bits per heavy atom. The van der Waals surface area contributed by atoms with Crippen LogP contribution in [0.5, 0.6) is 5.75 Å². The molecule has 0 N–H and O–H groups in total. The van der Waals surface area contributed by atoms with E-state index in [2.05, 4.69) is 55.0 Å². The van der Waals surface area contributed by atoms with Crippen LogP contribution in [-0.4, -0.2) is 49.6 Å². The molecule has 1 aromatic carbocycles. The van der Waals surface area contributed by atoms with Gasteiger partial charge in [0.05, 0.1) is 6.61 Å². The van der Waals surface area contributed by atoms with Crippen LogP contribution in [0.3, 0.4) is 0 Å². The van der Waals surface area contributed by atoms with Crippen LogP contribution in [-0.2, 0) is 6.54 Å². The van der Waals surface area contributed by atoms with Crippen LogP contribution < -0.4 is 4.74 Å². The van der Waals surface area contributed by atoms with Gasteiger partial charge in [-0.2, -0.15) is 0 Å². The summed E-state index contributed by atoms with van der Waals surface area (Å²) in [6.07, 6.45) is 7.94. The van der Waals surface area contributed by atoms with Crippen molar-refractivity contribution in [2.75, 3.05) is 39.8 Å². The minimum Gasteiger partial charge on any atom is -0.494 e. The van der Waals surface area contributed by atoms with E-state index in [-0.39, 0.29) is 0 Å². The van der Waals surface area contributed by atoms with Crippen LogP contribution in [0.15, 0.2) is 24.3 Å². The predicted molar refractivity (Wildman–Crippen MR) is 107 cm³/mol. The second kappa shape index (κ2) is 11.5. The summed E-state index contributed by atoms with van der Waals surface area (Å²) < 4.78 is 5.89. The summed E-state index contributed by atoms with van der Waals surface area (Å²) in [5, 5.41) is 0. The molecule has 0 aromatic heterocycles. The molecule has 2 rings (SSSR count). The van der Waals surface area contributed by atoms with Crippen molar-refractivity contribution in [3.63, 3.8) is 0 Å². The Morgan fingerprint density at radius 2 is 1.52 bits per heavy atom.